The summed E-state index contributed by atoms with van der Waals surface area (Å²) in [6.07, 6.45) is 7.64. The molecule has 13 atom stereocenters. The van der Waals surface area contributed by atoms with Gasteiger partial charge in [-0.3, -0.25) is 0 Å². The van der Waals surface area contributed by atoms with Gasteiger partial charge >= 0.3 is 5.97 Å². The molecule has 8 heteroatoms. The van der Waals surface area contributed by atoms with Gasteiger partial charge in [0, 0.05) is 6.08 Å². The van der Waals surface area contributed by atoms with Crippen LogP contribution >= 0.6 is 0 Å². The van der Waals surface area contributed by atoms with E-state index in [1.165, 1.54) is 32.1 Å². The molecule has 4 aliphatic carbocycles. The van der Waals surface area contributed by atoms with Crippen LogP contribution in [-0.4, -0.2) is 76.4 Å². The minimum Gasteiger partial charge on any atom is -0.463 e. The average molecular weight is 537 g/mol. The van der Waals surface area contributed by atoms with Crippen molar-refractivity contribution in [2.24, 2.45) is 40.4 Å². The summed E-state index contributed by atoms with van der Waals surface area (Å²) in [5.41, 5.74) is 0.509. The van der Waals surface area contributed by atoms with Gasteiger partial charge < -0.3 is 34.6 Å². The van der Waals surface area contributed by atoms with E-state index >= 15 is 0 Å². The Bertz CT molecular complexity index is 876. The maximum atomic E-state index is 11.9. The Morgan fingerprint density at radius 2 is 1.68 bits per heavy atom. The molecular formula is C30H48O8. The van der Waals surface area contributed by atoms with Gasteiger partial charge in [0.15, 0.2) is 6.29 Å². The summed E-state index contributed by atoms with van der Waals surface area (Å²) >= 11 is 0. The average Bonchev–Trinajstić information content (AvgIpc) is 3.24. The maximum absolute atomic E-state index is 11.9. The van der Waals surface area contributed by atoms with E-state index in [1.807, 2.05) is 6.92 Å². The van der Waals surface area contributed by atoms with Crippen molar-refractivity contribution in [3.8, 4) is 0 Å². The highest BCUT2D eigenvalue weighted by Gasteiger charge is 2.60. The topological polar surface area (TPSA) is 126 Å². The third-order valence-electron chi connectivity index (χ3n) is 11.6. The summed E-state index contributed by atoms with van der Waals surface area (Å²) in [6, 6.07) is 0. The predicted octanol–water partition coefficient (Wildman–Crippen LogP) is 2.95. The van der Waals surface area contributed by atoms with Crippen molar-refractivity contribution in [2.75, 3.05) is 13.2 Å². The van der Waals surface area contributed by atoms with Crippen LogP contribution in [0.4, 0.5) is 0 Å². The molecule has 0 unspecified atom stereocenters. The molecule has 5 aliphatic rings. The van der Waals surface area contributed by atoms with Crippen LogP contribution in [0.25, 0.3) is 0 Å². The maximum Gasteiger partial charge on any atom is 0.330 e. The zero-order valence-corrected chi connectivity index (χ0v) is 23.2. The number of aliphatic hydroxyl groups excluding tert-OH is 4. The van der Waals surface area contributed by atoms with Crippen LogP contribution in [0.1, 0.15) is 78.6 Å². The molecule has 0 bridgehead atoms. The molecule has 0 aromatic heterocycles. The Morgan fingerprint density at radius 1 is 0.947 bits per heavy atom. The standard InChI is InChI=1S/C30H48O8/c1-4-36-24(32)10-7-17-6-9-21-20-8-5-18-15-19(11-13-30(18,3)22(20)12-14-29(17,21)2)37-28-27(35)26(34)25(33)23(16-31)38-28/h7,10,17-23,25-28,31,33-35H,4-6,8-9,11-16H2,1-3H3/b10-7+/t17-,18-,19+,20+,21+,22+,23-,25-,26+,27-,28-,29-,30+/m1/s1. The molecule has 0 aromatic carbocycles. The Labute approximate surface area is 226 Å². The molecule has 5 rings (SSSR count). The number of aliphatic hydroxyl groups is 4. The van der Waals surface area contributed by atoms with Crippen LogP contribution in [0, 0.1) is 40.4 Å². The van der Waals surface area contributed by atoms with Crippen molar-refractivity contribution < 1.29 is 39.4 Å². The second kappa shape index (κ2) is 11.1. The zero-order valence-electron chi connectivity index (χ0n) is 23.2. The fraction of sp³-hybridized carbons (Fsp3) is 0.900. The molecule has 0 amide bonds. The zero-order chi connectivity index (χ0) is 27.2. The first kappa shape index (κ1) is 28.5. The van der Waals surface area contributed by atoms with Gasteiger partial charge in [-0.1, -0.05) is 19.9 Å². The molecule has 0 radical (unpaired) electrons. The molecule has 0 aromatic rings. The fourth-order valence-corrected chi connectivity index (χ4v) is 9.45. The summed E-state index contributed by atoms with van der Waals surface area (Å²) in [6.45, 7) is 6.76. The lowest BCUT2D eigenvalue weighted by Gasteiger charge is -2.61. The van der Waals surface area contributed by atoms with Crippen LogP contribution in [0.3, 0.4) is 0 Å². The molecule has 4 N–H and O–H groups in total. The quantitative estimate of drug-likeness (QED) is 0.232. The normalized spacial score (nSPS) is 50.8. The Morgan fingerprint density at radius 3 is 2.42 bits per heavy atom. The number of ether oxygens (including phenoxy) is 3. The van der Waals surface area contributed by atoms with Gasteiger partial charge in [0.25, 0.3) is 0 Å². The van der Waals surface area contributed by atoms with Gasteiger partial charge in [0.05, 0.1) is 19.3 Å². The summed E-state index contributed by atoms with van der Waals surface area (Å²) in [7, 11) is 0. The number of hydrogen-bond acceptors (Lipinski definition) is 8. The lowest BCUT2D eigenvalue weighted by atomic mass is 9.44. The summed E-state index contributed by atoms with van der Waals surface area (Å²) < 4.78 is 16.9. The van der Waals surface area contributed by atoms with Crippen LogP contribution in [-0.2, 0) is 19.0 Å². The van der Waals surface area contributed by atoms with E-state index in [0.29, 0.717) is 30.3 Å². The van der Waals surface area contributed by atoms with Crippen molar-refractivity contribution in [1.29, 1.82) is 0 Å². The van der Waals surface area contributed by atoms with E-state index in [4.69, 9.17) is 14.2 Å². The highest BCUT2D eigenvalue weighted by Crippen LogP contribution is 2.67. The van der Waals surface area contributed by atoms with Crippen molar-refractivity contribution >= 4 is 5.97 Å². The molecule has 4 saturated carbocycles. The number of rotatable bonds is 6. The van der Waals surface area contributed by atoms with Crippen molar-refractivity contribution in [2.45, 2.75) is 115 Å². The van der Waals surface area contributed by atoms with Gasteiger partial charge in [-0.25, -0.2) is 4.79 Å². The predicted molar refractivity (Wildman–Crippen MR) is 140 cm³/mol. The number of carbonyl (C=O) groups excluding carboxylic acids is 1. The van der Waals surface area contributed by atoms with E-state index in [0.717, 1.165) is 31.6 Å². The van der Waals surface area contributed by atoms with Gasteiger partial charge in [-0.2, -0.15) is 0 Å². The van der Waals surface area contributed by atoms with E-state index in [-0.39, 0.29) is 22.9 Å². The fourth-order valence-electron chi connectivity index (χ4n) is 9.45. The first-order valence-corrected chi connectivity index (χ1v) is 14.9. The van der Waals surface area contributed by atoms with Gasteiger partial charge in [0.2, 0.25) is 0 Å². The molecule has 5 fully saturated rings. The Hall–Kier alpha value is -1.03. The molecule has 38 heavy (non-hydrogen) atoms. The molecule has 1 aliphatic heterocycles. The summed E-state index contributed by atoms with van der Waals surface area (Å²) in [5.74, 6) is 2.85. The van der Waals surface area contributed by atoms with Gasteiger partial charge in [0.1, 0.15) is 24.4 Å². The first-order chi connectivity index (χ1) is 18.1. The molecule has 1 saturated heterocycles. The third kappa shape index (κ3) is 4.88. The van der Waals surface area contributed by atoms with Crippen LogP contribution in [0.5, 0.6) is 0 Å². The van der Waals surface area contributed by atoms with E-state index in [2.05, 4.69) is 19.9 Å². The van der Waals surface area contributed by atoms with E-state index < -0.39 is 37.3 Å². The van der Waals surface area contributed by atoms with Crippen molar-refractivity contribution in [3.63, 3.8) is 0 Å². The molecule has 216 valence electrons. The molecule has 8 nitrogen and oxygen atoms in total. The van der Waals surface area contributed by atoms with Crippen LogP contribution in [0.2, 0.25) is 0 Å². The lowest BCUT2D eigenvalue weighted by molar-refractivity contribution is -0.316. The minimum atomic E-state index is -1.41. The van der Waals surface area contributed by atoms with Crippen molar-refractivity contribution in [1.82, 2.24) is 0 Å². The summed E-state index contributed by atoms with van der Waals surface area (Å²) in [5, 5.41) is 40.2. The van der Waals surface area contributed by atoms with E-state index in [9.17, 15) is 25.2 Å². The highest BCUT2D eigenvalue weighted by molar-refractivity contribution is 5.81. The number of fused-ring (bicyclic) bond motifs is 5. The highest BCUT2D eigenvalue weighted by atomic mass is 16.7. The Kier molecular flexibility index (Phi) is 8.32. The van der Waals surface area contributed by atoms with Crippen LogP contribution < -0.4 is 0 Å². The SMILES string of the molecule is CCOC(=O)/C=C/[C@H]1CC[C@H]2[C@@H]3CC[C@@H]4C[C@@H](O[C@@H]5O[C@H](CO)[C@@H](O)[C@H](O)[C@H]5O)CC[C@]4(C)[C@H]3CC[C@]12C. The lowest BCUT2D eigenvalue weighted by Crippen LogP contribution is -2.60. The number of hydrogen-bond donors (Lipinski definition) is 4. The van der Waals surface area contributed by atoms with E-state index in [1.54, 1.807) is 6.08 Å². The van der Waals surface area contributed by atoms with Crippen molar-refractivity contribution in [3.05, 3.63) is 12.2 Å². The second-order valence-electron chi connectivity index (χ2n) is 13.2. The molecule has 1 heterocycles. The number of allylic oxidation sites excluding steroid dienone is 1. The Balaban J connectivity index is 1.23. The van der Waals surface area contributed by atoms with Crippen LogP contribution in [0.15, 0.2) is 12.2 Å². The first-order valence-electron chi connectivity index (χ1n) is 14.9. The second-order valence-corrected chi connectivity index (χ2v) is 13.2. The summed E-state index contributed by atoms with van der Waals surface area (Å²) in [4.78, 5) is 11.9. The number of esters is 1. The van der Waals surface area contributed by atoms with Gasteiger partial charge in [-0.05, 0) is 105 Å². The van der Waals surface area contributed by atoms with Gasteiger partial charge in [-0.15, -0.1) is 0 Å². The molecule has 0 spiro atoms. The monoisotopic (exact) mass is 536 g/mol. The molecular weight excluding hydrogens is 488 g/mol. The third-order valence-corrected chi connectivity index (χ3v) is 11.6. The number of carbonyl (C=O) groups is 1. The smallest absolute Gasteiger partial charge is 0.330 e. The largest absolute Gasteiger partial charge is 0.463 e. The minimum absolute atomic E-state index is 0.0798.